The number of carbonyl (C=O) groups excluding carboxylic acids is 1. The van der Waals surface area contributed by atoms with Gasteiger partial charge in [0.25, 0.3) is 16.0 Å². The van der Waals surface area contributed by atoms with E-state index in [0.717, 1.165) is 25.8 Å². The molecule has 1 unspecified atom stereocenters. The molecule has 158 valence electrons. The molecule has 0 radical (unpaired) electrons. The van der Waals surface area contributed by atoms with Gasteiger partial charge in [-0.05, 0) is 38.1 Å². The fourth-order valence-corrected chi connectivity index (χ4v) is 3.68. The monoisotopic (exact) mass is 450 g/mol. The van der Waals surface area contributed by atoms with Gasteiger partial charge in [-0.15, -0.1) is 6.58 Å². The topological polar surface area (TPSA) is 77.9 Å². The van der Waals surface area contributed by atoms with Crippen molar-refractivity contribution in [1.29, 1.82) is 0 Å². The lowest BCUT2D eigenvalue weighted by Crippen LogP contribution is -2.52. The largest absolute Gasteiger partial charge is 0.337 e. The van der Waals surface area contributed by atoms with Crippen LogP contribution in [-0.4, -0.2) is 67.7 Å². The number of amides is 1. The van der Waals surface area contributed by atoms with Crippen molar-refractivity contribution in [3.05, 3.63) is 46.5 Å². The van der Waals surface area contributed by atoms with E-state index in [4.69, 9.17) is 27.8 Å². The highest BCUT2D eigenvalue weighted by molar-refractivity contribution is 7.85. The van der Waals surface area contributed by atoms with Crippen LogP contribution in [0, 0.1) is 0 Å². The highest BCUT2D eigenvalue weighted by atomic mass is 35.5. The van der Waals surface area contributed by atoms with Gasteiger partial charge in [-0.25, -0.2) is 0 Å². The number of halogens is 2. The summed E-state index contributed by atoms with van der Waals surface area (Å²) in [5.41, 5.74) is 0.581. The van der Waals surface area contributed by atoms with Crippen molar-refractivity contribution in [2.75, 3.05) is 26.9 Å². The lowest BCUT2D eigenvalue weighted by atomic mass is 9.88. The summed E-state index contributed by atoms with van der Waals surface area (Å²) in [6.07, 6.45) is 7.11. The quantitative estimate of drug-likeness (QED) is 0.541. The molecule has 1 saturated carbocycles. The Hall–Kier alpha value is -1.12. The third-order valence-corrected chi connectivity index (χ3v) is 5.40. The Morgan fingerprint density at radius 3 is 2.25 bits per heavy atom. The van der Waals surface area contributed by atoms with Crippen LogP contribution in [0.5, 0.6) is 0 Å². The standard InChI is InChI=1S/C18H24Cl2N2O.CH4O3S/c1-4-11-21(2)16-7-5-6-8-17(16)22(3)18(23)13-9-10-14(19)15(20)12-13;1-5(2,3)4/h4,9-10,12,16-17H,1,5-8,11H2,2-3H3;1H3,(H,2,3,4)/t16-,17?;/m1./s1. The predicted octanol–water partition coefficient (Wildman–Crippen LogP) is 4.00. The van der Waals surface area contributed by atoms with Gasteiger partial charge >= 0.3 is 0 Å². The van der Waals surface area contributed by atoms with E-state index in [1.54, 1.807) is 18.2 Å². The molecular weight excluding hydrogens is 423 g/mol. The van der Waals surface area contributed by atoms with Gasteiger partial charge in [0, 0.05) is 31.2 Å². The number of benzene rings is 1. The number of hydrogen-bond acceptors (Lipinski definition) is 4. The number of nitrogens with zero attached hydrogens (tertiary/aromatic N) is 2. The molecular formula is C19H28Cl2N2O4S. The van der Waals surface area contributed by atoms with E-state index in [9.17, 15) is 13.2 Å². The second-order valence-corrected chi connectivity index (χ2v) is 9.21. The second-order valence-electron chi connectivity index (χ2n) is 6.93. The molecule has 0 heterocycles. The first-order valence-electron chi connectivity index (χ1n) is 8.91. The first-order chi connectivity index (χ1) is 13.0. The zero-order valence-electron chi connectivity index (χ0n) is 16.4. The molecule has 2 atom stereocenters. The zero-order chi connectivity index (χ0) is 21.5. The van der Waals surface area contributed by atoms with Crippen LogP contribution >= 0.6 is 23.2 Å². The average Bonchev–Trinajstić information content (AvgIpc) is 2.61. The number of carbonyl (C=O) groups is 1. The lowest BCUT2D eigenvalue weighted by molar-refractivity contribution is 0.0522. The van der Waals surface area contributed by atoms with E-state index in [1.165, 1.54) is 6.42 Å². The maximum atomic E-state index is 12.8. The Kier molecular flexibility index (Phi) is 9.94. The summed E-state index contributed by atoms with van der Waals surface area (Å²) < 4.78 is 25.9. The van der Waals surface area contributed by atoms with E-state index in [1.807, 2.05) is 18.0 Å². The molecule has 0 aliphatic heterocycles. The van der Waals surface area contributed by atoms with Crippen LogP contribution in [0.2, 0.25) is 10.0 Å². The smallest absolute Gasteiger partial charge is 0.261 e. The fraction of sp³-hybridized carbons (Fsp3) is 0.526. The summed E-state index contributed by atoms with van der Waals surface area (Å²) in [6.45, 7) is 4.65. The first kappa shape index (κ1) is 24.9. The van der Waals surface area contributed by atoms with Crippen molar-refractivity contribution < 1.29 is 17.8 Å². The normalized spacial score (nSPS) is 19.5. The third kappa shape index (κ3) is 8.09. The lowest BCUT2D eigenvalue weighted by Gasteiger charge is -2.42. The summed E-state index contributed by atoms with van der Waals surface area (Å²) in [4.78, 5) is 17.0. The van der Waals surface area contributed by atoms with E-state index in [-0.39, 0.29) is 11.9 Å². The van der Waals surface area contributed by atoms with Crippen LogP contribution in [0.15, 0.2) is 30.9 Å². The molecule has 0 aromatic heterocycles. The van der Waals surface area contributed by atoms with Gasteiger partial charge in [0.2, 0.25) is 0 Å². The summed E-state index contributed by atoms with van der Waals surface area (Å²) in [5, 5.41) is 0.877. The molecule has 1 aliphatic carbocycles. The molecule has 0 bridgehead atoms. The van der Waals surface area contributed by atoms with Crippen molar-refractivity contribution in [3.8, 4) is 0 Å². The molecule has 1 N–H and O–H groups in total. The van der Waals surface area contributed by atoms with E-state index in [0.29, 0.717) is 27.9 Å². The van der Waals surface area contributed by atoms with Crippen molar-refractivity contribution in [2.24, 2.45) is 0 Å². The summed E-state index contributed by atoms with van der Waals surface area (Å²) in [7, 11) is 0.317. The minimum atomic E-state index is -3.67. The maximum Gasteiger partial charge on any atom is 0.261 e. The van der Waals surface area contributed by atoms with Crippen LogP contribution in [0.4, 0.5) is 0 Å². The van der Waals surface area contributed by atoms with Crippen molar-refractivity contribution >= 4 is 39.2 Å². The third-order valence-electron chi connectivity index (χ3n) is 4.66. The SMILES string of the molecule is C=CCN(C)[C@@H]1CCCCC1N(C)C(=O)c1ccc(Cl)c(Cl)c1.CS(=O)(=O)O. The summed E-state index contributed by atoms with van der Waals surface area (Å²) >= 11 is 12.0. The molecule has 0 saturated heterocycles. The van der Waals surface area contributed by atoms with Gasteiger partial charge in [0.05, 0.1) is 16.3 Å². The first-order valence-corrected chi connectivity index (χ1v) is 11.5. The molecule has 2 rings (SSSR count). The van der Waals surface area contributed by atoms with Gasteiger partial charge < -0.3 is 4.90 Å². The Balaban J connectivity index is 0.000000696. The molecule has 1 aliphatic rings. The number of hydrogen-bond donors (Lipinski definition) is 1. The van der Waals surface area contributed by atoms with Gasteiger partial charge in [0.1, 0.15) is 0 Å². The molecule has 1 aromatic rings. The van der Waals surface area contributed by atoms with Gasteiger partial charge in [-0.2, -0.15) is 8.42 Å². The van der Waals surface area contributed by atoms with Crippen LogP contribution in [0.1, 0.15) is 36.0 Å². The Bertz CT molecular complexity index is 778. The van der Waals surface area contributed by atoms with Crippen LogP contribution in [-0.2, 0) is 10.1 Å². The minimum Gasteiger partial charge on any atom is -0.337 e. The Morgan fingerprint density at radius 2 is 1.75 bits per heavy atom. The molecule has 1 aromatic carbocycles. The van der Waals surface area contributed by atoms with Crippen LogP contribution < -0.4 is 0 Å². The van der Waals surface area contributed by atoms with Crippen molar-refractivity contribution in [1.82, 2.24) is 9.80 Å². The molecule has 1 amide bonds. The van der Waals surface area contributed by atoms with E-state index >= 15 is 0 Å². The molecule has 0 spiro atoms. The van der Waals surface area contributed by atoms with Crippen LogP contribution in [0.25, 0.3) is 0 Å². The summed E-state index contributed by atoms with van der Waals surface area (Å²) in [5.74, 6) is -0.00697. The summed E-state index contributed by atoms with van der Waals surface area (Å²) in [6, 6.07) is 5.62. The Morgan fingerprint density at radius 1 is 1.21 bits per heavy atom. The molecule has 28 heavy (non-hydrogen) atoms. The van der Waals surface area contributed by atoms with E-state index < -0.39 is 10.1 Å². The van der Waals surface area contributed by atoms with Gasteiger partial charge in [0.15, 0.2) is 0 Å². The van der Waals surface area contributed by atoms with Gasteiger partial charge in [-0.1, -0.05) is 42.1 Å². The Labute approximate surface area is 177 Å². The highest BCUT2D eigenvalue weighted by Gasteiger charge is 2.33. The highest BCUT2D eigenvalue weighted by Crippen LogP contribution is 2.28. The average molecular weight is 451 g/mol. The maximum absolute atomic E-state index is 12.8. The number of rotatable bonds is 5. The van der Waals surface area contributed by atoms with Gasteiger partial charge in [-0.3, -0.25) is 14.2 Å². The van der Waals surface area contributed by atoms with E-state index in [2.05, 4.69) is 18.5 Å². The van der Waals surface area contributed by atoms with Crippen molar-refractivity contribution in [2.45, 2.75) is 37.8 Å². The molecule has 6 nitrogen and oxygen atoms in total. The fourth-order valence-electron chi connectivity index (χ4n) is 3.38. The predicted molar refractivity (Wildman–Crippen MR) is 115 cm³/mol. The molecule has 1 fully saturated rings. The number of likely N-dealkylation sites (N-methyl/N-ethyl adjacent to an activating group) is 2. The minimum absolute atomic E-state index is 0.00697. The molecule has 9 heteroatoms. The zero-order valence-corrected chi connectivity index (χ0v) is 18.8. The second kappa shape index (κ2) is 11.2. The van der Waals surface area contributed by atoms with Crippen LogP contribution in [0.3, 0.4) is 0 Å². The van der Waals surface area contributed by atoms with Crippen molar-refractivity contribution in [3.63, 3.8) is 0 Å².